The van der Waals surface area contributed by atoms with E-state index < -0.39 is 14.4 Å². The molecule has 1 rings (SSSR count). The summed E-state index contributed by atoms with van der Waals surface area (Å²) in [7, 11) is -0.0775. The van der Waals surface area contributed by atoms with Crippen LogP contribution in [0, 0.1) is 0 Å². The molecule has 17 heavy (non-hydrogen) atoms. The topological polar surface area (TPSA) is 64.7 Å². The van der Waals surface area contributed by atoms with E-state index in [1.165, 1.54) is 0 Å². The highest BCUT2D eigenvalue weighted by molar-refractivity contribution is 6.70. The second-order valence-electron chi connectivity index (χ2n) is 4.88. The third kappa shape index (κ3) is 4.03. The fourth-order valence-electron chi connectivity index (χ4n) is 1.44. The van der Waals surface area contributed by atoms with Crippen LogP contribution < -0.4 is 14.9 Å². The molecule has 3 N–H and O–H groups in total. The van der Waals surface area contributed by atoms with Crippen LogP contribution in [0.15, 0.2) is 18.2 Å². The van der Waals surface area contributed by atoms with Gasteiger partial charge in [0.15, 0.2) is 5.75 Å². The number of hydrogen-bond acceptors (Lipinski definition) is 4. The van der Waals surface area contributed by atoms with E-state index in [1.807, 2.05) is 12.1 Å². The number of methoxy groups -OCH3 is 1. The minimum atomic E-state index is -1.67. The lowest BCUT2D eigenvalue weighted by atomic mass is 10.1. The van der Waals surface area contributed by atoms with E-state index in [9.17, 15) is 5.11 Å². The molecule has 4 nitrogen and oxygen atoms in total. The maximum atomic E-state index is 9.66. The van der Waals surface area contributed by atoms with Gasteiger partial charge in [-0.2, -0.15) is 0 Å². The van der Waals surface area contributed by atoms with Gasteiger partial charge >= 0.3 is 0 Å². The third-order valence-electron chi connectivity index (χ3n) is 2.21. The van der Waals surface area contributed by atoms with Gasteiger partial charge in [0.2, 0.25) is 8.32 Å². The van der Waals surface area contributed by atoms with E-state index in [1.54, 1.807) is 13.2 Å². The molecule has 1 aromatic rings. The minimum absolute atomic E-state index is 0.192. The predicted octanol–water partition coefficient (Wildman–Crippen LogP) is 1.90. The Morgan fingerprint density at radius 3 is 2.41 bits per heavy atom. The first kappa shape index (κ1) is 14.0. The van der Waals surface area contributed by atoms with Crippen LogP contribution >= 0.6 is 0 Å². The Morgan fingerprint density at radius 2 is 1.94 bits per heavy atom. The van der Waals surface area contributed by atoms with Crippen LogP contribution in [0.1, 0.15) is 11.7 Å². The zero-order valence-corrected chi connectivity index (χ0v) is 11.9. The summed E-state index contributed by atoms with van der Waals surface area (Å²) in [6, 6.07) is 5.41. The van der Waals surface area contributed by atoms with Crippen LogP contribution in [0.4, 0.5) is 0 Å². The molecular formula is C12H21NO3Si. The number of hydrogen-bond donors (Lipinski definition) is 2. The maximum Gasteiger partial charge on any atom is 0.242 e. The number of aliphatic hydroxyl groups is 1. The number of benzene rings is 1. The zero-order valence-electron chi connectivity index (χ0n) is 10.9. The van der Waals surface area contributed by atoms with Crippen molar-refractivity contribution in [2.75, 3.05) is 13.7 Å². The molecule has 0 saturated carbocycles. The van der Waals surface area contributed by atoms with Crippen LogP contribution in [0.5, 0.6) is 11.5 Å². The van der Waals surface area contributed by atoms with Gasteiger partial charge in [0, 0.05) is 6.54 Å². The maximum absolute atomic E-state index is 9.66. The second-order valence-corrected chi connectivity index (χ2v) is 9.31. The van der Waals surface area contributed by atoms with Crippen LogP contribution in [0.2, 0.25) is 19.6 Å². The molecule has 0 fully saturated rings. The molecule has 0 bridgehead atoms. The van der Waals surface area contributed by atoms with Gasteiger partial charge in [0.25, 0.3) is 0 Å². The lowest BCUT2D eigenvalue weighted by Crippen LogP contribution is -2.29. The highest BCUT2D eigenvalue weighted by atomic mass is 28.4. The van der Waals surface area contributed by atoms with Crippen molar-refractivity contribution in [3.05, 3.63) is 23.8 Å². The Balaban J connectivity index is 3.01. The van der Waals surface area contributed by atoms with Gasteiger partial charge in [-0.3, -0.25) is 0 Å². The molecule has 96 valence electrons. The van der Waals surface area contributed by atoms with Crippen LogP contribution in [-0.4, -0.2) is 27.1 Å². The van der Waals surface area contributed by atoms with Crippen LogP contribution in [0.3, 0.4) is 0 Å². The molecule has 0 heterocycles. The van der Waals surface area contributed by atoms with Crippen LogP contribution in [-0.2, 0) is 0 Å². The normalized spacial score (nSPS) is 13.3. The lowest BCUT2D eigenvalue weighted by Gasteiger charge is -2.22. The molecule has 0 aliphatic rings. The minimum Gasteiger partial charge on any atom is -0.542 e. The van der Waals surface area contributed by atoms with Gasteiger partial charge in [-0.05, 0) is 37.3 Å². The Bertz CT molecular complexity index is 377. The van der Waals surface area contributed by atoms with Gasteiger partial charge in [-0.15, -0.1) is 0 Å². The van der Waals surface area contributed by atoms with E-state index in [-0.39, 0.29) is 6.54 Å². The molecule has 0 spiro atoms. The highest BCUT2D eigenvalue weighted by Crippen LogP contribution is 2.31. The monoisotopic (exact) mass is 255 g/mol. The standard InChI is InChI=1S/C12H21NO3Si/c1-15-12-7-9(10(14)8-13)5-6-11(12)16-17(2,3)4/h5-7,10,14H,8,13H2,1-4H3. The smallest absolute Gasteiger partial charge is 0.242 e. The first-order valence-corrected chi connectivity index (χ1v) is 9.03. The highest BCUT2D eigenvalue weighted by Gasteiger charge is 2.19. The molecule has 1 aromatic carbocycles. The SMILES string of the molecule is COc1cc(C(O)CN)ccc1O[Si](C)(C)C. The average molecular weight is 255 g/mol. The summed E-state index contributed by atoms with van der Waals surface area (Å²) in [5, 5.41) is 9.66. The molecule has 0 aromatic heterocycles. The molecule has 0 aliphatic heterocycles. The van der Waals surface area contributed by atoms with Crippen molar-refractivity contribution in [3.63, 3.8) is 0 Å². The molecule has 0 aliphatic carbocycles. The molecule has 1 atom stereocenters. The van der Waals surface area contributed by atoms with Crippen molar-refractivity contribution in [2.24, 2.45) is 5.73 Å². The van der Waals surface area contributed by atoms with Crippen molar-refractivity contribution in [3.8, 4) is 11.5 Å². The van der Waals surface area contributed by atoms with E-state index >= 15 is 0 Å². The quantitative estimate of drug-likeness (QED) is 0.789. The van der Waals surface area contributed by atoms with Gasteiger partial charge in [0.05, 0.1) is 13.2 Å². The number of aliphatic hydroxyl groups excluding tert-OH is 1. The van der Waals surface area contributed by atoms with E-state index in [0.29, 0.717) is 5.75 Å². The van der Waals surface area contributed by atoms with Gasteiger partial charge in [-0.1, -0.05) is 6.07 Å². The van der Waals surface area contributed by atoms with Crippen molar-refractivity contribution in [1.29, 1.82) is 0 Å². The van der Waals surface area contributed by atoms with E-state index in [2.05, 4.69) is 19.6 Å². The van der Waals surface area contributed by atoms with E-state index in [4.69, 9.17) is 14.9 Å². The molecule has 0 radical (unpaired) electrons. The number of ether oxygens (including phenoxy) is 1. The van der Waals surface area contributed by atoms with Crippen LogP contribution in [0.25, 0.3) is 0 Å². The third-order valence-corrected chi connectivity index (χ3v) is 3.04. The number of nitrogens with two attached hydrogens (primary N) is 1. The molecule has 0 amide bonds. The lowest BCUT2D eigenvalue weighted by molar-refractivity contribution is 0.186. The fraction of sp³-hybridized carbons (Fsp3) is 0.500. The van der Waals surface area contributed by atoms with Gasteiger partial charge in [-0.25, -0.2) is 0 Å². The summed E-state index contributed by atoms with van der Waals surface area (Å²) in [5.41, 5.74) is 6.16. The molecule has 0 saturated heterocycles. The summed E-state index contributed by atoms with van der Waals surface area (Å²) in [6.07, 6.45) is -0.662. The second kappa shape index (κ2) is 5.53. The summed E-state index contributed by atoms with van der Waals surface area (Å²) in [5.74, 6) is 1.36. The summed E-state index contributed by atoms with van der Waals surface area (Å²) in [6.45, 7) is 6.51. The van der Waals surface area contributed by atoms with Crippen molar-refractivity contribution < 1.29 is 14.3 Å². The van der Waals surface area contributed by atoms with Gasteiger partial charge < -0.3 is 20.0 Å². The van der Waals surface area contributed by atoms with E-state index in [0.717, 1.165) is 11.3 Å². The largest absolute Gasteiger partial charge is 0.542 e. The summed E-state index contributed by atoms with van der Waals surface area (Å²) >= 11 is 0. The number of rotatable bonds is 5. The summed E-state index contributed by atoms with van der Waals surface area (Å²) in [4.78, 5) is 0. The van der Waals surface area contributed by atoms with Crippen molar-refractivity contribution in [1.82, 2.24) is 0 Å². The predicted molar refractivity (Wildman–Crippen MR) is 71.0 cm³/mol. The average Bonchev–Trinajstić information content (AvgIpc) is 2.26. The van der Waals surface area contributed by atoms with Crippen molar-refractivity contribution in [2.45, 2.75) is 25.7 Å². The molecule has 5 heteroatoms. The fourth-order valence-corrected chi connectivity index (χ4v) is 2.27. The zero-order chi connectivity index (χ0) is 13.1. The molecule has 1 unspecified atom stereocenters. The Kier molecular flexibility index (Phi) is 4.56. The van der Waals surface area contributed by atoms with Gasteiger partial charge in [0.1, 0.15) is 5.75 Å². The first-order valence-electron chi connectivity index (χ1n) is 5.62. The first-order chi connectivity index (χ1) is 7.87. The molecular weight excluding hydrogens is 234 g/mol. The Morgan fingerprint density at radius 1 is 1.29 bits per heavy atom. The van der Waals surface area contributed by atoms with Crippen molar-refractivity contribution >= 4 is 8.32 Å². The Labute approximate surface area is 103 Å². The Hall–Kier alpha value is -1.04. The summed E-state index contributed by atoms with van der Waals surface area (Å²) < 4.78 is 11.2.